The normalized spacial score (nSPS) is 11.2. The second-order valence-corrected chi connectivity index (χ2v) is 33.1. The van der Waals surface area contributed by atoms with Gasteiger partial charge in [0.15, 0.2) is 0 Å². The van der Waals surface area contributed by atoms with Crippen LogP contribution in [0.2, 0.25) is 0 Å². The lowest BCUT2D eigenvalue weighted by Crippen LogP contribution is -2.28. The van der Waals surface area contributed by atoms with E-state index in [4.69, 9.17) is 57.8 Å². The van der Waals surface area contributed by atoms with Crippen LogP contribution in [0, 0.1) is 55.4 Å². The van der Waals surface area contributed by atoms with Crippen LogP contribution in [-0.4, -0.2) is 76.8 Å². The van der Waals surface area contributed by atoms with E-state index in [1.807, 2.05) is 36.4 Å². The molecule has 16 heteroatoms. The maximum atomic E-state index is 6.29. The van der Waals surface area contributed by atoms with Crippen molar-refractivity contribution in [3.8, 4) is 69.3 Å². The van der Waals surface area contributed by atoms with Crippen LogP contribution >= 0.6 is 31.7 Å². The number of rotatable bonds is 22. The number of nitrogens with zero attached hydrogens (tertiary/aromatic N) is 4. The third kappa shape index (κ3) is 15.9. The van der Waals surface area contributed by atoms with Gasteiger partial charge in [-0.1, -0.05) is 239 Å². The van der Waals surface area contributed by atoms with Crippen molar-refractivity contribution in [1.82, 2.24) is 19.9 Å². The molecule has 100 heavy (non-hydrogen) atoms. The minimum atomic E-state index is -1.20. The second-order valence-electron chi connectivity index (χ2n) is 24.3. The predicted molar refractivity (Wildman–Crippen MR) is 420 cm³/mol. The van der Waals surface area contributed by atoms with Gasteiger partial charge >= 0.3 is 0 Å². The van der Waals surface area contributed by atoms with Gasteiger partial charge in [-0.15, -0.1) is 0 Å². The third-order valence-corrected chi connectivity index (χ3v) is 26.5. The van der Waals surface area contributed by atoms with E-state index in [1.54, 1.807) is 56.9 Å². The van der Waals surface area contributed by atoms with Gasteiger partial charge in [0, 0.05) is 45.5 Å². The number of ether oxygens (including phenoxy) is 8. The Morgan fingerprint density at radius 3 is 0.530 bits per heavy atom. The van der Waals surface area contributed by atoms with Crippen molar-refractivity contribution in [3.63, 3.8) is 0 Å². The van der Waals surface area contributed by atoms with Crippen LogP contribution in [0.5, 0.6) is 47.0 Å². The summed E-state index contributed by atoms with van der Waals surface area (Å²) in [6, 6.07) is 77.8. The van der Waals surface area contributed by atoms with Gasteiger partial charge in [0.2, 0.25) is 47.0 Å². The molecule has 0 unspecified atom stereocenters. The number of hydrogen-bond acceptors (Lipinski definition) is 12. The summed E-state index contributed by atoms with van der Waals surface area (Å²) >= 11 is 0. The lowest BCUT2D eigenvalue weighted by atomic mass is 10.1. The zero-order valence-corrected chi connectivity index (χ0v) is 63.2. The molecule has 0 spiro atoms. The van der Waals surface area contributed by atoms with E-state index in [2.05, 4.69) is 237 Å². The molecule has 0 atom stereocenters. The molecule has 0 aliphatic heterocycles. The molecule has 0 saturated heterocycles. The number of pyridine rings is 4. The molecule has 0 radical (unpaired) electrons. The lowest BCUT2D eigenvalue weighted by Gasteiger charge is -2.29. The molecule has 12 aromatic rings. The Labute approximate surface area is 594 Å². The summed E-state index contributed by atoms with van der Waals surface area (Å²) in [6.45, 7) is 17.3. The van der Waals surface area contributed by atoms with Crippen LogP contribution in [0.3, 0.4) is 0 Å². The maximum absolute atomic E-state index is 6.29. The van der Waals surface area contributed by atoms with Crippen LogP contribution in [0.15, 0.2) is 218 Å². The fraction of sp³-hybridized carbons (Fsp3) is 0.190. The summed E-state index contributed by atoms with van der Waals surface area (Å²) < 4.78 is 48.2. The molecule has 0 amide bonds. The van der Waals surface area contributed by atoms with Gasteiger partial charge in [0.25, 0.3) is 0 Å². The van der Waals surface area contributed by atoms with Gasteiger partial charge in [-0.2, -0.15) is 19.9 Å². The highest BCUT2D eigenvalue weighted by Crippen LogP contribution is 2.50. The first-order valence-corrected chi connectivity index (χ1v) is 38.1. The minimum Gasteiger partial charge on any atom is -0.481 e. The molecule has 8 aromatic carbocycles. The van der Waals surface area contributed by atoms with Crippen molar-refractivity contribution in [3.05, 3.63) is 263 Å². The Balaban J connectivity index is 0.000000204. The van der Waals surface area contributed by atoms with E-state index < -0.39 is 31.7 Å². The fourth-order valence-corrected chi connectivity index (χ4v) is 23.6. The molecule has 4 aromatic heterocycles. The Morgan fingerprint density at radius 1 is 0.200 bits per heavy atom. The zero-order valence-electron chi connectivity index (χ0n) is 59.6. The number of benzene rings is 8. The molecule has 4 heterocycles. The quantitative estimate of drug-likeness (QED) is 0.0600. The van der Waals surface area contributed by atoms with Crippen molar-refractivity contribution in [1.29, 1.82) is 0 Å². The number of methoxy groups -OCH3 is 8. The fourth-order valence-electron chi connectivity index (χ4n) is 12.9. The topological polar surface area (TPSA) is 125 Å². The van der Waals surface area contributed by atoms with Crippen molar-refractivity contribution >= 4 is 95.3 Å². The molecule has 0 aliphatic carbocycles. The van der Waals surface area contributed by atoms with Crippen molar-refractivity contribution in [2.45, 2.75) is 55.4 Å². The monoisotopic (exact) mass is 1400 g/mol. The molecule has 12 nitrogen and oxygen atoms in total. The molecule has 0 saturated carbocycles. The molecular formula is C84H84N4O8P4. The molecule has 0 N–H and O–H groups in total. The van der Waals surface area contributed by atoms with Gasteiger partial charge in [-0.05, 0) is 130 Å². The first kappa shape index (κ1) is 71.8. The Bertz CT molecular complexity index is 4290. The largest absolute Gasteiger partial charge is 0.481 e. The van der Waals surface area contributed by atoms with E-state index in [-0.39, 0.29) is 0 Å². The number of hydrogen-bond donors (Lipinski definition) is 0. The summed E-state index contributed by atoms with van der Waals surface area (Å²) in [6.07, 6.45) is 0. The van der Waals surface area contributed by atoms with Crippen LogP contribution in [0.1, 0.15) is 44.5 Å². The van der Waals surface area contributed by atoms with Crippen molar-refractivity contribution < 1.29 is 37.9 Å². The molecule has 0 fully saturated rings. The summed E-state index contributed by atoms with van der Waals surface area (Å²) in [5, 5.41) is 13.7. The second kappa shape index (κ2) is 32.6. The molecule has 0 aliphatic rings. The Kier molecular flexibility index (Phi) is 23.4. The molecule has 508 valence electrons. The highest BCUT2D eigenvalue weighted by atomic mass is 31.1. The van der Waals surface area contributed by atoms with Crippen molar-refractivity contribution in [2.24, 2.45) is 0 Å². The average Bonchev–Trinajstić information content (AvgIpc) is 0.744. The Hall–Kier alpha value is -9.52. The van der Waals surface area contributed by atoms with E-state index >= 15 is 0 Å². The highest BCUT2D eigenvalue weighted by molar-refractivity contribution is 7.81. The van der Waals surface area contributed by atoms with Gasteiger partial charge in [-0.3, -0.25) is 0 Å². The third-order valence-electron chi connectivity index (χ3n) is 16.8. The maximum Gasteiger partial charge on any atom is 0.225 e. The number of aryl methyl sites for hydroxylation is 8. The Morgan fingerprint density at radius 2 is 0.370 bits per heavy atom. The summed E-state index contributed by atoms with van der Waals surface area (Å²) in [5.41, 5.74) is 12.9. The first-order chi connectivity index (χ1) is 48.5. The van der Waals surface area contributed by atoms with Crippen LogP contribution in [-0.2, 0) is 0 Å². The van der Waals surface area contributed by atoms with Gasteiger partial charge in [-0.25, -0.2) is 0 Å². The van der Waals surface area contributed by atoms with Crippen molar-refractivity contribution in [2.75, 3.05) is 56.9 Å². The minimum absolute atomic E-state index is 0.427. The lowest BCUT2D eigenvalue weighted by molar-refractivity contribution is 0.362. The standard InChI is InChI=1S/C46H50N2O4P2.C38H34N2O4P2/c1-27-13-28(2)18-35(17-27)53(36-19-29(3)14-30(4)20-36)39-25-41(49-9)47-45(51-11)43(39)44-40(26-42(50-10)48-46(44)52-12)54(37-21-31(5)15-32(6)22-37)38-23-33(7)16-34(8)24-38;1-41-33-25-31(45(27-17-9-5-10-18-27)28-19-11-6-12-20-28)35(37(39-33)43-3)36-32(26-34(42-2)40-38(36)44-4)46(29-21-13-7-14-22-29)30-23-15-8-16-24-30/h13-26H,1-12H3;5-26H,1-4H3. The number of aromatic nitrogens is 4. The van der Waals surface area contributed by atoms with Crippen LogP contribution in [0.25, 0.3) is 22.3 Å². The SMILES string of the molecule is COc1cc(P(c2cc(C)cc(C)c2)c2cc(C)cc(C)c2)c(-c2c(P(c3cc(C)cc(C)c3)c3cc(C)cc(C)c3)cc(OC)nc2OC)c(OC)n1.COc1cc(P(c2ccccc2)c2ccccc2)c(-c2c(P(c3ccccc3)c3ccccc3)cc(OC)nc2OC)c(OC)n1. The van der Waals surface area contributed by atoms with Gasteiger partial charge in [0.1, 0.15) is 0 Å². The molecule has 0 bridgehead atoms. The molecular weight excluding hydrogens is 1320 g/mol. The smallest absolute Gasteiger partial charge is 0.225 e. The summed E-state index contributed by atoms with van der Waals surface area (Å²) in [4.78, 5) is 19.6. The summed E-state index contributed by atoms with van der Waals surface area (Å²) in [5.74, 6) is 3.60. The average molecular weight is 1400 g/mol. The van der Waals surface area contributed by atoms with Gasteiger partial charge < -0.3 is 37.9 Å². The van der Waals surface area contributed by atoms with E-state index in [9.17, 15) is 0 Å². The van der Waals surface area contributed by atoms with Gasteiger partial charge in [0.05, 0.1) is 79.1 Å². The van der Waals surface area contributed by atoms with Crippen LogP contribution in [0.4, 0.5) is 0 Å². The van der Waals surface area contributed by atoms with E-state index in [0.717, 1.165) is 43.5 Å². The first-order valence-electron chi connectivity index (χ1n) is 32.8. The van der Waals surface area contributed by atoms with Crippen LogP contribution < -0.4 is 102 Å². The highest BCUT2D eigenvalue weighted by Gasteiger charge is 2.36. The van der Waals surface area contributed by atoms with E-state index in [0.29, 0.717) is 47.0 Å². The zero-order chi connectivity index (χ0) is 70.7. The summed E-state index contributed by atoms with van der Waals surface area (Å²) in [7, 11) is 8.58. The van der Waals surface area contributed by atoms with E-state index in [1.165, 1.54) is 86.9 Å². The molecule has 12 rings (SSSR count). The predicted octanol–water partition coefficient (Wildman–Crippen LogP) is 13.9.